The maximum atomic E-state index is 13.5. The van der Waals surface area contributed by atoms with Gasteiger partial charge in [0, 0.05) is 104 Å². The van der Waals surface area contributed by atoms with E-state index in [1.54, 1.807) is 0 Å². The standard InChI is InChI=1S/C36H51N3O12.C28H39N3O11.C26H37N3O9/c40-31(46-19-22-7-10-25-28(16-22)49-25)4-1-13-37-34(43)38(14-2-5-32(41)47-20-23-8-11-26-29(17-23)50-26)36(45)39(35(37)44)15-3-6-33(42)48-21-24-9-12-27-30(18-24)51-27;32-23(33)9-12-31-27(37)29(10-1-3-24(34)39-15-17-5-7-19-21(13-17)41-19)26(36)30(28(31)38)11-2-4-25(35)40-16-18-6-8-20-22(14-18)42-20;1-27-24(32)28(10-2-4-22(30)35-14-16-6-8-18-20(12-16)37-18)26(34)29(25(27)33)11-3-5-23(31)36-15-17-7-9-19-21(13-17)38-19/h22-30H,1-21H2;17-22H,1-16H2,(H,32,33);16-21H,2-15H2,1H3. The van der Waals surface area contributed by atoms with Crippen LogP contribution < -0.4 is 51.2 Å². The second-order valence-electron chi connectivity index (χ2n) is 38.2. The summed E-state index contributed by atoms with van der Waals surface area (Å²) < 4.78 is 84.6. The fourth-order valence-electron chi connectivity index (χ4n) is 20.0. The Balaban J connectivity index is 0.000000152. The Morgan fingerprint density at radius 2 is 0.382 bits per heavy atom. The topological polar surface area (TPSA) is 507 Å². The molecule has 14 aliphatic rings. The average Bonchev–Trinajstić information content (AvgIpc) is 1.75. The van der Waals surface area contributed by atoms with Crippen LogP contribution in [0.2, 0.25) is 0 Å². The molecule has 7 aliphatic heterocycles. The molecular weight excluding hydrogens is 1720 g/mol. The van der Waals surface area contributed by atoms with Gasteiger partial charge in [-0.05, 0) is 221 Å². The van der Waals surface area contributed by atoms with E-state index < -0.39 is 100.0 Å². The van der Waals surface area contributed by atoms with Gasteiger partial charge in [0.25, 0.3) is 0 Å². The summed E-state index contributed by atoms with van der Waals surface area (Å²) in [5, 5.41) is 9.07. The lowest BCUT2D eigenvalue weighted by Gasteiger charge is -2.19. The largest absolute Gasteiger partial charge is 0.481 e. The van der Waals surface area contributed by atoms with E-state index in [0.29, 0.717) is 118 Å². The summed E-state index contributed by atoms with van der Waals surface area (Å²) in [5.41, 5.74) is -7.39. The molecule has 3 aromatic rings. The highest BCUT2D eigenvalue weighted by atomic mass is 16.6. The van der Waals surface area contributed by atoms with Gasteiger partial charge in [-0.15, -0.1) is 0 Å². The summed E-state index contributed by atoms with van der Waals surface area (Å²) in [4.78, 5) is 215. The van der Waals surface area contributed by atoms with Gasteiger partial charge < -0.3 is 71.4 Å². The van der Waals surface area contributed by atoms with Gasteiger partial charge in [0.15, 0.2) is 0 Å². The zero-order chi connectivity index (χ0) is 92.1. The van der Waals surface area contributed by atoms with Crippen molar-refractivity contribution in [3.05, 3.63) is 94.4 Å². The van der Waals surface area contributed by atoms with Gasteiger partial charge in [-0.1, -0.05) is 0 Å². The fraction of sp³-hybridized carbons (Fsp3) is 0.811. The molecule has 21 atom stereocenters. The first kappa shape index (κ1) is 96.3. The number of epoxide rings is 7. The quantitative estimate of drug-likeness (QED) is 0.0483. The second-order valence-corrected chi connectivity index (χ2v) is 38.2. The highest BCUT2D eigenvalue weighted by Gasteiger charge is 2.50. The Labute approximate surface area is 753 Å². The number of hydrogen-bond donors (Lipinski definition) is 1. The fourth-order valence-corrected chi connectivity index (χ4v) is 20.0. The summed E-state index contributed by atoms with van der Waals surface area (Å²) in [6.07, 6.45) is 25.2. The van der Waals surface area contributed by atoms with Crippen LogP contribution >= 0.6 is 0 Å². The van der Waals surface area contributed by atoms with Crippen LogP contribution in [0.4, 0.5) is 0 Å². The smallest absolute Gasteiger partial charge is 0.336 e. The summed E-state index contributed by atoms with van der Waals surface area (Å²) in [6.45, 7) is 1.21. The van der Waals surface area contributed by atoms with Crippen molar-refractivity contribution >= 4 is 47.8 Å². The number of carboxylic acid groups (broad SMARTS) is 1. The molecule has 724 valence electrons. The Morgan fingerprint density at radius 1 is 0.229 bits per heavy atom. The first-order valence-corrected chi connectivity index (χ1v) is 47.9. The number of carboxylic acids is 1. The monoisotopic (exact) mass is 1850 g/mol. The minimum atomic E-state index is -1.21. The Kier molecular flexibility index (Phi) is 32.9. The van der Waals surface area contributed by atoms with Crippen LogP contribution in [0.15, 0.2) is 43.2 Å². The lowest BCUT2D eigenvalue weighted by Crippen LogP contribution is -2.54. The van der Waals surface area contributed by atoms with E-state index >= 15 is 0 Å². The van der Waals surface area contributed by atoms with Crippen molar-refractivity contribution in [3.8, 4) is 0 Å². The van der Waals surface area contributed by atoms with Gasteiger partial charge in [-0.3, -0.25) is 38.4 Å². The SMILES string of the molecule is Cn1c(=O)n(CCCC(=O)OCC2CCC3OC3C2)c(=O)n(CCCC(=O)OCC2CCC3OC3C2)c1=O.O=C(CCCn1c(=O)n(CCCC(=O)OCC2CCC3OC3C2)c(=O)n(CCCC(=O)OCC2CCC3OC3C2)c1=O)OCC1CCC2OC2C1.O=C(O)CCn1c(=O)n(CCCC(=O)OCC2CCC3OC3C2)c(=O)n(CCCC(=O)OCC2CCC3OC3C2)c1=O. The lowest BCUT2D eigenvalue weighted by atomic mass is 9.90. The molecule has 14 fully saturated rings. The van der Waals surface area contributed by atoms with E-state index in [1.165, 1.54) is 7.05 Å². The minimum absolute atomic E-state index is 0.000997. The zero-order valence-corrected chi connectivity index (χ0v) is 74.8. The van der Waals surface area contributed by atoms with Gasteiger partial charge in [-0.2, -0.15) is 0 Å². The predicted octanol–water partition coefficient (Wildman–Crippen LogP) is 2.76. The van der Waals surface area contributed by atoms with Crippen molar-refractivity contribution in [2.24, 2.45) is 48.5 Å². The van der Waals surface area contributed by atoms with Crippen LogP contribution in [-0.2, 0) is 164 Å². The highest BCUT2D eigenvalue weighted by Crippen LogP contribution is 2.45. The molecule has 7 saturated carbocycles. The third-order valence-corrected chi connectivity index (χ3v) is 28.3. The number of aliphatic carboxylic acids is 1. The molecule has 131 heavy (non-hydrogen) atoms. The summed E-state index contributed by atoms with van der Waals surface area (Å²) in [6, 6.07) is 0. The minimum Gasteiger partial charge on any atom is -0.481 e. The van der Waals surface area contributed by atoms with Crippen molar-refractivity contribution in [2.45, 2.75) is 369 Å². The van der Waals surface area contributed by atoms with Gasteiger partial charge in [-0.25, -0.2) is 84.3 Å². The zero-order valence-electron chi connectivity index (χ0n) is 74.8. The number of fused-ring (bicyclic) bond motifs is 7. The number of aromatic nitrogens is 9. The molecule has 0 spiro atoms. The van der Waals surface area contributed by atoms with E-state index in [9.17, 15) is 81.5 Å². The molecule has 21 unspecified atom stereocenters. The molecule has 7 aliphatic carbocycles. The van der Waals surface area contributed by atoms with Crippen molar-refractivity contribution in [1.29, 1.82) is 0 Å². The lowest BCUT2D eigenvalue weighted by molar-refractivity contribution is -0.146. The third-order valence-electron chi connectivity index (χ3n) is 28.3. The molecule has 3 aromatic heterocycles. The molecule has 0 bridgehead atoms. The van der Waals surface area contributed by atoms with Crippen molar-refractivity contribution in [2.75, 3.05) is 46.2 Å². The number of esters is 7. The van der Waals surface area contributed by atoms with Crippen LogP contribution in [0, 0.1) is 41.4 Å². The maximum absolute atomic E-state index is 13.5. The summed E-state index contributed by atoms with van der Waals surface area (Å²) in [7, 11) is 1.30. The van der Waals surface area contributed by atoms with Crippen LogP contribution in [0.1, 0.15) is 231 Å². The Morgan fingerprint density at radius 3 is 0.534 bits per heavy atom. The van der Waals surface area contributed by atoms with Crippen LogP contribution in [0.5, 0.6) is 0 Å². The average molecular weight is 1850 g/mol. The van der Waals surface area contributed by atoms with E-state index in [-0.39, 0.29) is 208 Å². The van der Waals surface area contributed by atoms with Gasteiger partial charge in [0.05, 0.1) is 138 Å². The number of carbonyl (C=O) groups is 8. The van der Waals surface area contributed by atoms with Crippen molar-refractivity contribution in [1.82, 2.24) is 41.1 Å². The number of hydrogen-bond acceptors (Lipinski definition) is 31. The molecule has 0 radical (unpaired) electrons. The van der Waals surface area contributed by atoms with E-state index in [2.05, 4.69) is 0 Å². The first-order valence-electron chi connectivity index (χ1n) is 47.9. The molecule has 10 heterocycles. The number of rotatable bonds is 45. The van der Waals surface area contributed by atoms with E-state index in [1.807, 2.05) is 0 Å². The number of nitrogens with zero attached hydrogens (tertiary/aromatic N) is 9. The highest BCUT2D eigenvalue weighted by molar-refractivity contribution is 5.71. The first-order chi connectivity index (χ1) is 63.2. The second kappa shape index (κ2) is 44.7. The third kappa shape index (κ3) is 27.3. The molecule has 0 amide bonds. The predicted molar refractivity (Wildman–Crippen MR) is 454 cm³/mol. The Hall–Kier alpha value is -9.29. The molecule has 17 rings (SSSR count). The number of carbonyl (C=O) groups excluding carboxylic acids is 7. The van der Waals surface area contributed by atoms with Crippen molar-refractivity contribution in [3.63, 3.8) is 0 Å². The molecule has 1 N–H and O–H groups in total. The summed E-state index contributed by atoms with van der Waals surface area (Å²) in [5.74, 6) is -2.15. The van der Waals surface area contributed by atoms with Crippen LogP contribution in [0.25, 0.3) is 0 Å². The molecule has 41 heteroatoms. The van der Waals surface area contributed by atoms with Gasteiger partial charge in [0.1, 0.15) is 0 Å². The molecular formula is C90H127N9O32. The van der Waals surface area contributed by atoms with Crippen LogP contribution in [0.3, 0.4) is 0 Å². The number of ether oxygens (including phenoxy) is 14. The van der Waals surface area contributed by atoms with Gasteiger partial charge >= 0.3 is 99.0 Å². The van der Waals surface area contributed by atoms with Crippen molar-refractivity contribution < 1.29 is 110 Å². The molecule has 7 saturated heterocycles. The normalized spacial score (nSPS) is 29.5. The van der Waals surface area contributed by atoms with Gasteiger partial charge in [0.2, 0.25) is 0 Å². The van der Waals surface area contributed by atoms with Crippen LogP contribution in [-0.4, -0.2) is 226 Å². The maximum Gasteiger partial charge on any atom is 0.336 e. The Bertz CT molecular complexity index is 4780. The molecule has 41 nitrogen and oxygen atoms in total. The van der Waals surface area contributed by atoms with E-state index in [4.69, 9.17) is 71.4 Å². The summed E-state index contributed by atoms with van der Waals surface area (Å²) >= 11 is 0. The van der Waals surface area contributed by atoms with E-state index in [0.717, 1.165) is 171 Å². The molecule has 0 aromatic carbocycles.